The molecule has 0 saturated heterocycles. The van der Waals surface area contributed by atoms with Crippen molar-refractivity contribution in [2.75, 3.05) is 0 Å². The Bertz CT molecular complexity index is 301. The second-order valence-corrected chi connectivity index (χ2v) is 3.09. The molecule has 2 N–H and O–H groups in total. The number of carbonyl (C=O) groups excluding carboxylic acids is 2. The molecule has 0 aliphatic carbocycles. The highest BCUT2D eigenvalue weighted by Crippen LogP contribution is 2.26. The number of rotatable bonds is 0. The topological polar surface area (TPSA) is 63.4 Å². The summed E-state index contributed by atoms with van der Waals surface area (Å²) in [4.78, 5) is 22.6. The average molecular weight is 225 g/mol. The van der Waals surface area contributed by atoms with E-state index in [9.17, 15) is 9.59 Å². The molecule has 0 unspecified atom stereocenters. The van der Waals surface area contributed by atoms with Gasteiger partial charge in [-0.3, -0.25) is 9.59 Å². The maximum absolute atomic E-state index is 11.0. The van der Waals surface area contributed by atoms with Crippen LogP contribution in [0.1, 0.15) is 0 Å². The summed E-state index contributed by atoms with van der Waals surface area (Å²) in [5, 5.41) is -1.07. The van der Waals surface area contributed by atoms with Gasteiger partial charge >= 0.3 is 0 Å². The predicted molar refractivity (Wildman–Crippen MR) is 47.4 cm³/mol. The number of hydrogen-bond acceptors (Lipinski definition) is 3. The van der Waals surface area contributed by atoms with Gasteiger partial charge in [-0.2, -0.15) is 0 Å². The van der Waals surface area contributed by atoms with Crippen LogP contribution in [-0.4, -0.2) is 21.8 Å². The fourth-order valence-corrected chi connectivity index (χ4v) is 1.17. The summed E-state index contributed by atoms with van der Waals surface area (Å²) in [5.41, 5.74) is 5.07. The molecule has 2 amide bonds. The van der Waals surface area contributed by atoms with Crippen molar-refractivity contribution in [2.45, 2.75) is 0 Å². The van der Waals surface area contributed by atoms with Gasteiger partial charge < -0.3 is 5.73 Å². The zero-order chi connectivity index (χ0) is 9.46. The Balaban J connectivity index is 3.12. The van der Waals surface area contributed by atoms with Crippen LogP contribution in [0.4, 0.5) is 0 Å². The average Bonchev–Trinajstić information content (AvgIpc) is 2.16. The third-order valence-electron chi connectivity index (χ3n) is 1.19. The Labute approximate surface area is 82.9 Å². The maximum atomic E-state index is 11.0. The number of imide groups is 1. The lowest BCUT2D eigenvalue weighted by atomic mass is 10.5. The van der Waals surface area contributed by atoms with E-state index in [0.29, 0.717) is 4.90 Å². The van der Waals surface area contributed by atoms with Gasteiger partial charge in [0.2, 0.25) is 0 Å². The fourth-order valence-electron chi connectivity index (χ4n) is 0.676. The first kappa shape index (κ1) is 9.44. The second kappa shape index (κ2) is 3.01. The van der Waals surface area contributed by atoms with Gasteiger partial charge in [0.25, 0.3) is 11.8 Å². The van der Waals surface area contributed by atoms with Gasteiger partial charge in [-0.05, 0) is 12.2 Å². The van der Waals surface area contributed by atoms with E-state index < -0.39 is 11.8 Å². The van der Waals surface area contributed by atoms with Crippen molar-refractivity contribution < 1.29 is 9.59 Å². The van der Waals surface area contributed by atoms with Crippen LogP contribution in [0.2, 0.25) is 0 Å². The van der Waals surface area contributed by atoms with E-state index in [4.69, 9.17) is 28.9 Å². The lowest BCUT2D eigenvalue weighted by Gasteiger charge is -2.09. The molecule has 4 nitrogen and oxygen atoms in total. The number of carbonyl (C=O) groups is 2. The van der Waals surface area contributed by atoms with Gasteiger partial charge in [-0.15, -0.1) is 0 Å². The number of nitrogens with two attached hydrogens (primary N) is 1. The molecule has 0 fully saturated rings. The number of nitrogens with zero attached hydrogens (tertiary/aromatic N) is 1. The predicted octanol–water partition coefficient (Wildman–Crippen LogP) is 0.288. The van der Waals surface area contributed by atoms with Crippen LogP contribution in [0.25, 0.3) is 0 Å². The van der Waals surface area contributed by atoms with E-state index in [1.165, 1.54) is 0 Å². The van der Waals surface area contributed by atoms with E-state index in [-0.39, 0.29) is 15.2 Å². The standard InChI is InChI=1S/C5H2Cl2N2O2S/c6-1-2(7)4(11)9(3(1)10)5(8)12/h(H2,8,12). The normalized spacial score (nSPS) is 17.7. The van der Waals surface area contributed by atoms with Crippen LogP contribution in [0.3, 0.4) is 0 Å². The van der Waals surface area contributed by atoms with Crippen molar-refractivity contribution in [3.05, 3.63) is 10.1 Å². The van der Waals surface area contributed by atoms with E-state index in [0.717, 1.165) is 0 Å². The molecule has 0 spiro atoms. The number of thiocarbonyl (C=S) groups is 1. The summed E-state index contributed by atoms with van der Waals surface area (Å²) in [7, 11) is 0. The number of hydrogen-bond donors (Lipinski definition) is 1. The molecular weight excluding hydrogens is 223 g/mol. The summed E-state index contributed by atoms with van der Waals surface area (Å²) >= 11 is 15.2. The lowest BCUT2D eigenvalue weighted by Crippen LogP contribution is -2.40. The van der Waals surface area contributed by atoms with Gasteiger partial charge in [0.05, 0.1) is 0 Å². The number of amides is 2. The van der Waals surface area contributed by atoms with E-state index in [1.54, 1.807) is 0 Å². The van der Waals surface area contributed by atoms with Crippen molar-refractivity contribution in [3.63, 3.8) is 0 Å². The fraction of sp³-hybridized carbons (Fsp3) is 0. The van der Waals surface area contributed by atoms with Crippen LogP contribution in [-0.2, 0) is 9.59 Å². The van der Waals surface area contributed by atoms with Gasteiger partial charge in [0, 0.05) is 0 Å². The van der Waals surface area contributed by atoms with E-state index in [1.807, 2.05) is 0 Å². The lowest BCUT2D eigenvalue weighted by molar-refractivity contribution is -0.132. The Morgan fingerprint density at radius 3 is 1.75 bits per heavy atom. The minimum Gasteiger partial charge on any atom is -0.375 e. The highest BCUT2D eigenvalue weighted by atomic mass is 35.5. The molecule has 1 rings (SSSR count). The zero-order valence-electron chi connectivity index (χ0n) is 5.51. The van der Waals surface area contributed by atoms with Crippen molar-refractivity contribution >= 4 is 52.3 Å². The van der Waals surface area contributed by atoms with Crippen LogP contribution in [0.15, 0.2) is 10.1 Å². The molecule has 0 aromatic carbocycles. The highest BCUT2D eigenvalue weighted by Gasteiger charge is 2.38. The third kappa shape index (κ3) is 1.20. The van der Waals surface area contributed by atoms with Gasteiger partial charge in [0.15, 0.2) is 5.11 Å². The molecule has 64 valence electrons. The second-order valence-electron chi connectivity index (χ2n) is 1.91. The Morgan fingerprint density at radius 1 is 1.25 bits per heavy atom. The van der Waals surface area contributed by atoms with Gasteiger partial charge in [0.1, 0.15) is 10.1 Å². The first-order valence-corrected chi connectivity index (χ1v) is 3.86. The molecule has 12 heavy (non-hydrogen) atoms. The van der Waals surface area contributed by atoms with E-state index >= 15 is 0 Å². The molecule has 0 radical (unpaired) electrons. The summed E-state index contributed by atoms with van der Waals surface area (Å²) < 4.78 is 0. The molecule has 7 heteroatoms. The summed E-state index contributed by atoms with van der Waals surface area (Å²) in [5.74, 6) is -1.56. The first-order valence-electron chi connectivity index (χ1n) is 2.70. The molecule has 1 heterocycles. The largest absolute Gasteiger partial charge is 0.375 e. The number of halogens is 2. The quantitative estimate of drug-likeness (QED) is 0.475. The summed E-state index contributed by atoms with van der Waals surface area (Å²) in [6.45, 7) is 0. The van der Waals surface area contributed by atoms with Crippen molar-refractivity contribution in [1.29, 1.82) is 0 Å². The minimum absolute atomic E-state index is 0.352. The molecule has 1 aliphatic heterocycles. The molecular formula is C5H2Cl2N2O2S. The van der Waals surface area contributed by atoms with Crippen LogP contribution in [0.5, 0.6) is 0 Å². The van der Waals surface area contributed by atoms with Crippen LogP contribution < -0.4 is 5.73 Å². The van der Waals surface area contributed by atoms with Gasteiger partial charge in [-0.25, -0.2) is 4.90 Å². The molecule has 0 aromatic rings. The minimum atomic E-state index is -0.779. The molecule has 0 saturated carbocycles. The van der Waals surface area contributed by atoms with Crippen molar-refractivity contribution in [3.8, 4) is 0 Å². The Morgan fingerprint density at radius 2 is 1.58 bits per heavy atom. The Hall–Kier alpha value is -0.650. The zero-order valence-corrected chi connectivity index (χ0v) is 7.83. The van der Waals surface area contributed by atoms with Crippen molar-refractivity contribution in [2.24, 2.45) is 5.73 Å². The summed E-state index contributed by atoms with van der Waals surface area (Å²) in [6.07, 6.45) is 0. The van der Waals surface area contributed by atoms with E-state index in [2.05, 4.69) is 12.2 Å². The Kier molecular flexibility index (Phi) is 2.36. The smallest absolute Gasteiger partial charge is 0.280 e. The molecule has 1 aliphatic rings. The SMILES string of the molecule is NC(=S)N1C(=O)C(Cl)=C(Cl)C1=O. The van der Waals surface area contributed by atoms with Crippen LogP contribution in [0, 0.1) is 0 Å². The maximum Gasteiger partial charge on any atom is 0.280 e. The van der Waals surface area contributed by atoms with Crippen molar-refractivity contribution in [1.82, 2.24) is 4.90 Å². The third-order valence-corrected chi connectivity index (χ3v) is 2.18. The molecule has 0 bridgehead atoms. The van der Waals surface area contributed by atoms with Crippen LogP contribution >= 0.6 is 35.4 Å². The highest BCUT2D eigenvalue weighted by molar-refractivity contribution is 7.80. The first-order chi connectivity index (χ1) is 5.46. The molecule has 0 aromatic heterocycles. The van der Waals surface area contributed by atoms with Gasteiger partial charge in [-0.1, -0.05) is 23.2 Å². The summed E-state index contributed by atoms with van der Waals surface area (Å²) in [6, 6.07) is 0. The monoisotopic (exact) mass is 224 g/mol. The molecule has 0 atom stereocenters.